The van der Waals surface area contributed by atoms with E-state index in [9.17, 15) is 9.90 Å². The Hall–Kier alpha value is -1.68. The van der Waals surface area contributed by atoms with E-state index in [4.69, 9.17) is 0 Å². The number of thiazole rings is 1. The van der Waals surface area contributed by atoms with E-state index in [0.717, 1.165) is 26.6 Å². The Bertz CT molecular complexity index is 609. The number of carboxylic acids is 1. The molecule has 2 rings (SSSR count). The molecule has 100 valence electrons. The average molecular weight is 275 g/mol. The van der Waals surface area contributed by atoms with Gasteiger partial charge in [-0.05, 0) is 19.4 Å². The highest BCUT2D eigenvalue weighted by Gasteiger charge is 2.20. The molecule has 0 aliphatic rings. The first kappa shape index (κ1) is 13.7. The first-order valence-electron chi connectivity index (χ1n) is 6.21. The molecule has 0 amide bonds. The summed E-state index contributed by atoms with van der Waals surface area (Å²) in [7, 11) is 0. The van der Waals surface area contributed by atoms with Gasteiger partial charge in [0.05, 0.1) is 9.88 Å². The fourth-order valence-corrected chi connectivity index (χ4v) is 3.08. The molecule has 0 aliphatic carbocycles. The van der Waals surface area contributed by atoms with E-state index in [1.165, 1.54) is 11.3 Å². The maximum atomic E-state index is 11.3. The Morgan fingerprint density at radius 1 is 1.21 bits per heavy atom. The Kier molecular flexibility index (Phi) is 3.71. The smallest absolute Gasteiger partial charge is 0.356 e. The molecule has 2 aromatic rings. The summed E-state index contributed by atoms with van der Waals surface area (Å²) in [5.74, 6) is -0.722. The zero-order chi connectivity index (χ0) is 14.2. The fourth-order valence-electron chi connectivity index (χ4n) is 2.03. The lowest BCUT2D eigenvalue weighted by Crippen LogP contribution is -1.99. The summed E-state index contributed by atoms with van der Waals surface area (Å²) in [6, 6.07) is 6.10. The van der Waals surface area contributed by atoms with E-state index in [2.05, 4.69) is 11.1 Å². The lowest BCUT2D eigenvalue weighted by molar-refractivity contribution is 0.0692. The van der Waals surface area contributed by atoms with Crippen LogP contribution in [0.4, 0.5) is 0 Å². The number of carbonyl (C=O) groups is 1. The summed E-state index contributed by atoms with van der Waals surface area (Å²) in [5, 5.41) is 10.2. The number of hydrogen-bond acceptors (Lipinski definition) is 3. The van der Waals surface area contributed by atoms with E-state index >= 15 is 0 Å². The SMILES string of the molecule is Cc1cc(C)cc(-c2sc(C(C)C)nc2C(=O)O)c1. The van der Waals surface area contributed by atoms with Crippen LogP contribution in [-0.2, 0) is 0 Å². The van der Waals surface area contributed by atoms with Crippen molar-refractivity contribution in [1.82, 2.24) is 4.98 Å². The zero-order valence-corrected chi connectivity index (χ0v) is 12.3. The highest BCUT2D eigenvalue weighted by molar-refractivity contribution is 7.15. The molecule has 0 bridgehead atoms. The number of rotatable bonds is 3. The Morgan fingerprint density at radius 2 is 1.79 bits per heavy atom. The second kappa shape index (κ2) is 5.13. The van der Waals surface area contributed by atoms with Gasteiger partial charge in [0.2, 0.25) is 0 Å². The quantitative estimate of drug-likeness (QED) is 0.911. The summed E-state index contributed by atoms with van der Waals surface area (Å²) < 4.78 is 0. The fraction of sp³-hybridized carbons (Fsp3) is 0.333. The summed E-state index contributed by atoms with van der Waals surface area (Å²) in [5.41, 5.74) is 3.37. The van der Waals surface area contributed by atoms with Gasteiger partial charge in [0.1, 0.15) is 0 Å². The van der Waals surface area contributed by atoms with Crippen molar-refractivity contribution in [2.75, 3.05) is 0 Å². The molecule has 0 unspecified atom stereocenters. The van der Waals surface area contributed by atoms with E-state index in [0.29, 0.717) is 0 Å². The molecule has 19 heavy (non-hydrogen) atoms. The standard InChI is InChI=1S/C15H17NO2S/c1-8(2)14-16-12(15(17)18)13(19-14)11-6-9(3)5-10(4)7-11/h5-8H,1-4H3,(H,17,18). The molecule has 0 aliphatic heterocycles. The van der Waals surface area contributed by atoms with Gasteiger partial charge < -0.3 is 5.11 Å². The van der Waals surface area contributed by atoms with Crippen LogP contribution in [0.3, 0.4) is 0 Å². The molecule has 1 N–H and O–H groups in total. The van der Waals surface area contributed by atoms with Gasteiger partial charge in [-0.25, -0.2) is 9.78 Å². The number of aromatic nitrogens is 1. The van der Waals surface area contributed by atoms with Crippen molar-refractivity contribution in [2.45, 2.75) is 33.6 Å². The summed E-state index contributed by atoms with van der Waals surface area (Å²) >= 11 is 1.47. The van der Waals surface area contributed by atoms with Crippen molar-refractivity contribution in [3.05, 3.63) is 40.0 Å². The van der Waals surface area contributed by atoms with Crippen molar-refractivity contribution < 1.29 is 9.90 Å². The number of nitrogens with zero attached hydrogens (tertiary/aromatic N) is 1. The lowest BCUT2D eigenvalue weighted by Gasteiger charge is -2.03. The largest absolute Gasteiger partial charge is 0.476 e. The second-order valence-electron chi connectivity index (χ2n) is 5.07. The van der Waals surface area contributed by atoms with E-state index in [1.807, 2.05) is 39.8 Å². The Labute approximate surface area is 116 Å². The van der Waals surface area contributed by atoms with Gasteiger partial charge in [0.15, 0.2) is 5.69 Å². The van der Waals surface area contributed by atoms with Crippen molar-refractivity contribution >= 4 is 17.3 Å². The molecule has 3 nitrogen and oxygen atoms in total. The predicted molar refractivity (Wildman–Crippen MR) is 78.1 cm³/mol. The first-order chi connectivity index (χ1) is 8.88. The Morgan fingerprint density at radius 3 is 2.26 bits per heavy atom. The number of carboxylic acid groups (broad SMARTS) is 1. The normalized spacial score (nSPS) is 11.0. The van der Waals surface area contributed by atoms with Gasteiger partial charge in [-0.2, -0.15) is 0 Å². The molecule has 0 saturated heterocycles. The topological polar surface area (TPSA) is 50.2 Å². The molecule has 1 aromatic carbocycles. The minimum Gasteiger partial charge on any atom is -0.476 e. The molecule has 0 spiro atoms. The van der Waals surface area contributed by atoms with Crippen LogP contribution in [-0.4, -0.2) is 16.1 Å². The van der Waals surface area contributed by atoms with Crippen LogP contribution in [0, 0.1) is 13.8 Å². The van der Waals surface area contributed by atoms with Crippen LogP contribution in [0.25, 0.3) is 10.4 Å². The number of aryl methyl sites for hydroxylation is 2. The molecule has 4 heteroatoms. The van der Waals surface area contributed by atoms with Crippen molar-refractivity contribution in [3.8, 4) is 10.4 Å². The van der Waals surface area contributed by atoms with E-state index in [-0.39, 0.29) is 11.6 Å². The highest BCUT2D eigenvalue weighted by Crippen LogP contribution is 2.34. The molecule has 0 radical (unpaired) electrons. The first-order valence-corrected chi connectivity index (χ1v) is 7.03. The number of aromatic carboxylic acids is 1. The van der Waals surface area contributed by atoms with Gasteiger partial charge in [-0.1, -0.05) is 43.2 Å². The van der Waals surface area contributed by atoms with Crippen molar-refractivity contribution in [1.29, 1.82) is 0 Å². The van der Waals surface area contributed by atoms with Crippen molar-refractivity contribution in [2.24, 2.45) is 0 Å². The van der Waals surface area contributed by atoms with Gasteiger partial charge >= 0.3 is 5.97 Å². The van der Waals surface area contributed by atoms with Crippen LogP contribution >= 0.6 is 11.3 Å². The number of benzene rings is 1. The van der Waals surface area contributed by atoms with E-state index < -0.39 is 5.97 Å². The summed E-state index contributed by atoms with van der Waals surface area (Å²) in [6.45, 7) is 8.08. The van der Waals surface area contributed by atoms with Gasteiger partial charge in [0, 0.05) is 5.92 Å². The Balaban J connectivity index is 2.62. The third kappa shape index (κ3) is 2.84. The zero-order valence-electron chi connectivity index (χ0n) is 11.5. The monoisotopic (exact) mass is 275 g/mol. The molecule has 0 atom stereocenters. The predicted octanol–water partition coefficient (Wildman–Crippen LogP) is 4.25. The molecular formula is C15H17NO2S. The molecule has 0 saturated carbocycles. The maximum absolute atomic E-state index is 11.3. The molecule has 0 fully saturated rings. The third-order valence-electron chi connectivity index (χ3n) is 2.82. The van der Waals surface area contributed by atoms with Crippen LogP contribution in [0.1, 0.15) is 46.4 Å². The number of hydrogen-bond donors (Lipinski definition) is 1. The highest BCUT2D eigenvalue weighted by atomic mass is 32.1. The molecule has 1 aromatic heterocycles. The van der Waals surface area contributed by atoms with E-state index in [1.54, 1.807) is 0 Å². The second-order valence-corrected chi connectivity index (χ2v) is 6.10. The average Bonchev–Trinajstić information content (AvgIpc) is 2.72. The minimum absolute atomic E-state index is 0.165. The van der Waals surface area contributed by atoms with Crippen LogP contribution in [0.15, 0.2) is 18.2 Å². The molecular weight excluding hydrogens is 258 g/mol. The molecule has 1 heterocycles. The van der Waals surface area contributed by atoms with Crippen LogP contribution in [0.5, 0.6) is 0 Å². The van der Waals surface area contributed by atoms with Gasteiger partial charge in [0.25, 0.3) is 0 Å². The maximum Gasteiger partial charge on any atom is 0.356 e. The minimum atomic E-state index is -0.961. The van der Waals surface area contributed by atoms with Crippen molar-refractivity contribution in [3.63, 3.8) is 0 Å². The third-order valence-corrected chi connectivity index (χ3v) is 4.23. The lowest BCUT2D eigenvalue weighted by atomic mass is 10.1. The van der Waals surface area contributed by atoms with Gasteiger partial charge in [-0.15, -0.1) is 11.3 Å². The summed E-state index contributed by atoms with van der Waals surface area (Å²) in [4.78, 5) is 16.4. The van der Waals surface area contributed by atoms with Crippen LogP contribution in [0.2, 0.25) is 0 Å². The van der Waals surface area contributed by atoms with Gasteiger partial charge in [-0.3, -0.25) is 0 Å². The van der Waals surface area contributed by atoms with Crippen LogP contribution < -0.4 is 0 Å². The summed E-state index contributed by atoms with van der Waals surface area (Å²) in [6.07, 6.45) is 0.